The zero-order valence-corrected chi connectivity index (χ0v) is 11.1. The standard InChI is InChI=1S/C15H19F2NO/c1-18-10-4-2-5-11(18)9-15(19,8-10)14-12(16)6-3-7-13(14)17/h3,6-7,10-11,19H,2,4-5,8-9H2,1H3. The smallest absolute Gasteiger partial charge is 0.132 e. The Balaban J connectivity index is 2.00. The van der Waals surface area contributed by atoms with Gasteiger partial charge in [0.2, 0.25) is 0 Å². The van der Waals surface area contributed by atoms with Gasteiger partial charge in [-0.05, 0) is 44.9 Å². The number of halogens is 2. The van der Waals surface area contributed by atoms with Gasteiger partial charge in [0.15, 0.2) is 0 Å². The van der Waals surface area contributed by atoms with Crippen molar-refractivity contribution in [3.05, 3.63) is 35.4 Å². The van der Waals surface area contributed by atoms with Gasteiger partial charge in [-0.2, -0.15) is 0 Å². The van der Waals surface area contributed by atoms with Crippen LogP contribution in [0.4, 0.5) is 8.78 Å². The van der Waals surface area contributed by atoms with Crippen molar-refractivity contribution in [3.63, 3.8) is 0 Å². The van der Waals surface area contributed by atoms with E-state index in [9.17, 15) is 13.9 Å². The Kier molecular flexibility index (Phi) is 3.10. The number of piperidine rings is 2. The van der Waals surface area contributed by atoms with E-state index in [0.29, 0.717) is 12.8 Å². The summed E-state index contributed by atoms with van der Waals surface area (Å²) in [5.41, 5.74) is -1.50. The SMILES string of the molecule is CN1C2CCCC1CC(O)(c1c(F)cccc1F)C2. The minimum atomic E-state index is -1.36. The number of aliphatic hydroxyl groups is 1. The van der Waals surface area contributed by atoms with E-state index in [1.54, 1.807) is 0 Å². The highest BCUT2D eigenvalue weighted by Gasteiger charge is 2.47. The molecule has 19 heavy (non-hydrogen) atoms. The van der Waals surface area contributed by atoms with E-state index in [1.807, 2.05) is 7.05 Å². The van der Waals surface area contributed by atoms with Crippen LogP contribution in [0.15, 0.2) is 18.2 Å². The van der Waals surface area contributed by atoms with Gasteiger partial charge in [-0.1, -0.05) is 12.5 Å². The van der Waals surface area contributed by atoms with Gasteiger partial charge in [0, 0.05) is 12.1 Å². The third kappa shape index (κ3) is 2.07. The minimum Gasteiger partial charge on any atom is -0.385 e. The Morgan fingerprint density at radius 2 is 1.68 bits per heavy atom. The van der Waals surface area contributed by atoms with Gasteiger partial charge in [-0.25, -0.2) is 8.78 Å². The summed E-state index contributed by atoms with van der Waals surface area (Å²) in [6.45, 7) is 0. The van der Waals surface area contributed by atoms with Crippen LogP contribution in [0.2, 0.25) is 0 Å². The summed E-state index contributed by atoms with van der Waals surface area (Å²) in [4.78, 5) is 2.26. The topological polar surface area (TPSA) is 23.5 Å². The van der Waals surface area contributed by atoms with Gasteiger partial charge >= 0.3 is 0 Å². The maximum Gasteiger partial charge on any atom is 0.132 e. The molecule has 4 heteroatoms. The molecule has 2 aliphatic heterocycles. The highest BCUT2D eigenvalue weighted by Crippen LogP contribution is 2.44. The molecule has 104 valence electrons. The Labute approximate surface area is 112 Å². The van der Waals surface area contributed by atoms with E-state index in [0.717, 1.165) is 19.3 Å². The Bertz CT molecular complexity index is 457. The van der Waals surface area contributed by atoms with Gasteiger partial charge in [0.25, 0.3) is 0 Å². The second-order valence-electron chi connectivity index (χ2n) is 5.94. The highest BCUT2D eigenvalue weighted by molar-refractivity contribution is 5.28. The summed E-state index contributed by atoms with van der Waals surface area (Å²) in [5, 5.41) is 10.8. The van der Waals surface area contributed by atoms with Gasteiger partial charge in [-0.15, -0.1) is 0 Å². The third-order valence-electron chi connectivity index (χ3n) is 4.80. The molecule has 2 bridgehead atoms. The van der Waals surface area contributed by atoms with Crippen molar-refractivity contribution < 1.29 is 13.9 Å². The molecular formula is C15H19F2NO. The summed E-state index contributed by atoms with van der Waals surface area (Å²) >= 11 is 0. The molecule has 2 saturated heterocycles. The Morgan fingerprint density at radius 1 is 1.16 bits per heavy atom. The molecule has 0 aromatic heterocycles. The van der Waals surface area contributed by atoms with Crippen LogP contribution in [0.3, 0.4) is 0 Å². The molecule has 2 fully saturated rings. The lowest BCUT2D eigenvalue weighted by atomic mass is 9.72. The van der Waals surface area contributed by atoms with Gasteiger partial charge in [0.1, 0.15) is 11.6 Å². The molecule has 2 aliphatic rings. The first-order valence-corrected chi connectivity index (χ1v) is 6.90. The quantitative estimate of drug-likeness (QED) is 0.845. The number of hydrogen-bond acceptors (Lipinski definition) is 2. The molecule has 0 spiro atoms. The second-order valence-corrected chi connectivity index (χ2v) is 5.94. The van der Waals surface area contributed by atoms with Gasteiger partial charge in [0.05, 0.1) is 11.2 Å². The average Bonchev–Trinajstić information content (AvgIpc) is 2.31. The fourth-order valence-electron chi connectivity index (χ4n) is 3.80. The van der Waals surface area contributed by atoms with E-state index in [1.165, 1.54) is 18.2 Å². The molecule has 0 aliphatic carbocycles. The molecule has 2 heterocycles. The molecule has 0 saturated carbocycles. The predicted molar refractivity (Wildman–Crippen MR) is 68.7 cm³/mol. The van der Waals surface area contributed by atoms with Crippen molar-refractivity contribution in [2.75, 3.05) is 7.05 Å². The van der Waals surface area contributed by atoms with E-state index >= 15 is 0 Å². The minimum absolute atomic E-state index is 0.139. The van der Waals surface area contributed by atoms with Crippen molar-refractivity contribution in [2.24, 2.45) is 0 Å². The number of hydrogen-bond donors (Lipinski definition) is 1. The highest BCUT2D eigenvalue weighted by atomic mass is 19.1. The third-order valence-corrected chi connectivity index (χ3v) is 4.80. The lowest BCUT2D eigenvalue weighted by Gasteiger charge is -2.50. The lowest BCUT2D eigenvalue weighted by Crippen LogP contribution is -2.55. The fourth-order valence-corrected chi connectivity index (χ4v) is 3.80. The van der Waals surface area contributed by atoms with Crippen LogP contribution in [0.25, 0.3) is 0 Å². The lowest BCUT2D eigenvalue weighted by molar-refractivity contribution is -0.0909. The Morgan fingerprint density at radius 3 is 2.21 bits per heavy atom. The van der Waals surface area contributed by atoms with Crippen LogP contribution in [0.5, 0.6) is 0 Å². The van der Waals surface area contributed by atoms with Crippen molar-refractivity contribution in [3.8, 4) is 0 Å². The van der Waals surface area contributed by atoms with Crippen LogP contribution in [-0.2, 0) is 5.60 Å². The summed E-state index contributed by atoms with van der Waals surface area (Å²) in [6.07, 6.45) is 3.95. The van der Waals surface area contributed by atoms with E-state index in [2.05, 4.69) is 4.90 Å². The van der Waals surface area contributed by atoms with Gasteiger partial charge < -0.3 is 10.0 Å². The zero-order chi connectivity index (χ0) is 13.6. The first kappa shape index (κ1) is 13.0. The molecule has 0 radical (unpaired) electrons. The molecule has 2 nitrogen and oxygen atoms in total. The summed E-state index contributed by atoms with van der Waals surface area (Å²) in [6, 6.07) is 4.23. The van der Waals surface area contributed by atoms with Gasteiger partial charge in [-0.3, -0.25) is 0 Å². The van der Waals surface area contributed by atoms with E-state index < -0.39 is 17.2 Å². The maximum absolute atomic E-state index is 13.9. The predicted octanol–water partition coefficient (Wildman–Crippen LogP) is 2.80. The molecule has 1 aromatic carbocycles. The molecular weight excluding hydrogens is 248 g/mol. The average molecular weight is 267 g/mol. The number of rotatable bonds is 1. The number of nitrogens with zero attached hydrogens (tertiary/aromatic N) is 1. The first-order chi connectivity index (χ1) is 9.01. The van der Waals surface area contributed by atoms with Crippen LogP contribution < -0.4 is 0 Å². The van der Waals surface area contributed by atoms with Crippen LogP contribution in [0.1, 0.15) is 37.7 Å². The molecule has 1 N–H and O–H groups in total. The van der Waals surface area contributed by atoms with Crippen molar-refractivity contribution in [1.82, 2.24) is 4.90 Å². The normalized spacial score (nSPS) is 35.4. The summed E-state index contributed by atoms with van der Waals surface area (Å²) in [5.74, 6) is -1.27. The maximum atomic E-state index is 13.9. The first-order valence-electron chi connectivity index (χ1n) is 6.90. The fraction of sp³-hybridized carbons (Fsp3) is 0.600. The van der Waals surface area contributed by atoms with Crippen molar-refractivity contribution in [1.29, 1.82) is 0 Å². The molecule has 3 rings (SSSR count). The number of benzene rings is 1. The monoisotopic (exact) mass is 267 g/mol. The van der Waals surface area contributed by atoms with E-state index in [-0.39, 0.29) is 17.6 Å². The summed E-state index contributed by atoms with van der Waals surface area (Å²) < 4.78 is 27.9. The molecule has 2 atom stereocenters. The zero-order valence-electron chi connectivity index (χ0n) is 11.1. The summed E-state index contributed by atoms with van der Waals surface area (Å²) in [7, 11) is 2.05. The van der Waals surface area contributed by atoms with E-state index in [4.69, 9.17) is 0 Å². The Hall–Kier alpha value is -1.00. The van der Waals surface area contributed by atoms with Crippen molar-refractivity contribution in [2.45, 2.75) is 49.8 Å². The van der Waals surface area contributed by atoms with Crippen LogP contribution >= 0.6 is 0 Å². The van der Waals surface area contributed by atoms with Crippen LogP contribution in [0, 0.1) is 11.6 Å². The second kappa shape index (κ2) is 4.53. The largest absolute Gasteiger partial charge is 0.385 e. The number of fused-ring (bicyclic) bond motifs is 2. The molecule has 2 unspecified atom stereocenters. The van der Waals surface area contributed by atoms with Crippen molar-refractivity contribution >= 4 is 0 Å². The molecule has 0 amide bonds. The molecule has 1 aromatic rings. The van der Waals surface area contributed by atoms with Crippen LogP contribution in [-0.4, -0.2) is 29.1 Å².